The van der Waals surface area contributed by atoms with Crippen LogP contribution >= 0.6 is 0 Å². The van der Waals surface area contributed by atoms with E-state index in [4.69, 9.17) is 10.5 Å². The van der Waals surface area contributed by atoms with Gasteiger partial charge in [-0.1, -0.05) is 6.92 Å². The number of ether oxygens (including phenoxy) is 1. The molecule has 2 N–H and O–H groups in total. The van der Waals surface area contributed by atoms with E-state index in [1.54, 1.807) is 0 Å². The largest absolute Gasteiger partial charge is 0.465 e. The van der Waals surface area contributed by atoms with Crippen molar-refractivity contribution in [2.24, 2.45) is 17.6 Å². The van der Waals surface area contributed by atoms with Crippen molar-refractivity contribution < 1.29 is 9.53 Å². The Balaban J connectivity index is 2.05. The molecule has 0 aliphatic heterocycles. The Labute approximate surface area is 79.6 Å². The summed E-state index contributed by atoms with van der Waals surface area (Å²) in [5.74, 6) is 0.619. The summed E-state index contributed by atoms with van der Waals surface area (Å²) >= 11 is 0. The molecule has 76 valence electrons. The van der Waals surface area contributed by atoms with Crippen LogP contribution in [0.3, 0.4) is 0 Å². The van der Waals surface area contributed by atoms with Gasteiger partial charge in [0.05, 0.1) is 12.5 Å². The molecule has 0 bridgehead atoms. The van der Waals surface area contributed by atoms with Crippen LogP contribution in [-0.4, -0.2) is 19.1 Å². The minimum absolute atomic E-state index is 0.0160. The summed E-state index contributed by atoms with van der Waals surface area (Å²) in [5, 5.41) is 0. The zero-order chi connectivity index (χ0) is 9.68. The molecule has 13 heavy (non-hydrogen) atoms. The third-order valence-electron chi connectivity index (χ3n) is 2.40. The molecule has 0 saturated heterocycles. The summed E-state index contributed by atoms with van der Waals surface area (Å²) in [5.41, 5.74) is 5.36. The SMILES string of the molecule is CC(CCCN)C(=O)OCC1CC1. The Morgan fingerprint density at radius 2 is 2.31 bits per heavy atom. The highest BCUT2D eigenvalue weighted by Crippen LogP contribution is 2.29. The van der Waals surface area contributed by atoms with Crippen molar-refractivity contribution in [2.75, 3.05) is 13.2 Å². The van der Waals surface area contributed by atoms with E-state index < -0.39 is 0 Å². The molecule has 0 amide bonds. The van der Waals surface area contributed by atoms with Gasteiger partial charge in [-0.05, 0) is 38.1 Å². The van der Waals surface area contributed by atoms with Gasteiger partial charge in [0.1, 0.15) is 0 Å². The quantitative estimate of drug-likeness (QED) is 0.635. The maximum atomic E-state index is 11.3. The van der Waals surface area contributed by atoms with Crippen LogP contribution in [0.1, 0.15) is 32.6 Å². The van der Waals surface area contributed by atoms with Crippen molar-refractivity contribution in [1.82, 2.24) is 0 Å². The maximum absolute atomic E-state index is 11.3. The fourth-order valence-corrected chi connectivity index (χ4v) is 1.17. The van der Waals surface area contributed by atoms with Crippen molar-refractivity contribution in [2.45, 2.75) is 32.6 Å². The second-order valence-electron chi connectivity index (χ2n) is 3.91. The molecule has 0 radical (unpaired) electrons. The highest BCUT2D eigenvalue weighted by Gasteiger charge is 2.24. The number of hydrogen-bond acceptors (Lipinski definition) is 3. The summed E-state index contributed by atoms with van der Waals surface area (Å²) in [4.78, 5) is 11.3. The summed E-state index contributed by atoms with van der Waals surface area (Å²) in [7, 11) is 0. The highest BCUT2D eigenvalue weighted by atomic mass is 16.5. The number of carbonyl (C=O) groups is 1. The number of rotatable bonds is 6. The van der Waals surface area contributed by atoms with Gasteiger partial charge >= 0.3 is 5.97 Å². The molecular weight excluding hydrogens is 166 g/mol. The lowest BCUT2D eigenvalue weighted by molar-refractivity contribution is -0.148. The maximum Gasteiger partial charge on any atom is 0.308 e. The lowest BCUT2D eigenvalue weighted by Gasteiger charge is -2.09. The number of carbonyl (C=O) groups excluding carboxylic acids is 1. The molecule has 1 rings (SSSR count). The molecule has 1 unspecified atom stereocenters. The fourth-order valence-electron chi connectivity index (χ4n) is 1.17. The predicted molar refractivity (Wildman–Crippen MR) is 51.1 cm³/mol. The van der Waals surface area contributed by atoms with Gasteiger partial charge in [-0.15, -0.1) is 0 Å². The van der Waals surface area contributed by atoms with Crippen LogP contribution in [0.15, 0.2) is 0 Å². The smallest absolute Gasteiger partial charge is 0.308 e. The van der Waals surface area contributed by atoms with Crippen LogP contribution in [0.4, 0.5) is 0 Å². The van der Waals surface area contributed by atoms with Crippen molar-refractivity contribution in [1.29, 1.82) is 0 Å². The normalized spacial score (nSPS) is 18.3. The van der Waals surface area contributed by atoms with Gasteiger partial charge in [0.25, 0.3) is 0 Å². The lowest BCUT2D eigenvalue weighted by Crippen LogP contribution is -2.17. The van der Waals surface area contributed by atoms with E-state index in [2.05, 4.69) is 0 Å². The van der Waals surface area contributed by atoms with E-state index in [0.717, 1.165) is 12.8 Å². The summed E-state index contributed by atoms with van der Waals surface area (Å²) in [6.45, 7) is 3.19. The monoisotopic (exact) mass is 185 g/mol. The van der Waals surface area contributed by atoms with Gasteiger partial charge in [-0.25, -0.2) is 0 Å². The number of esters is 1. The molecule has 0 aromatic heterocycles. The topological polar surface area (TPSA) is 52.3 Å². The summed E-state index contributed by atoms with van der Waals surface area (Å²) < 4.78 is 5.15. The molecule has 0 aromatic rings. The molecule has 3 heteroatoms. The van der Waals surface area contributed by atoms with Crippen molar-refractivity contribution in [3.8, 4) is 0 Å². The second-order valence-corrected chi connectivity index (χ2v) is 3.91. The van der Waals surface area contributed by atoms with E-state index >= 15 is 0 Å². The van der Waals surface area contributed by atoms with Gasteiger partial charge in [-0.3, -0.25) is 4.79 Å². The van der Waals surface area contributed by atoms with Gasteiger partial charge in [0.15, 0.2) is 0 Å². The standard InChI is InChI=1S/C10H19NO2/c1-8(3-2-6-11)10(12)13-7-9-4-5-9/h8-9H,2-7,11H2,1H3. The van der Waals surface area contributed by atoms with E-state index in [1.807, 2.05) is 6.92 Å². The molecule has 1 fully saturated rings. The number of nitrogens with two attached hydrogens (primary N) is 1. The minimum Gasteiger partial charge on any atom is -0.465 e. The fraction of sp³-hybridized carbons (Fsp3) is 0.900. The molecule has 0 aromatic carbocycles. The molecule has 1 aliphatic rings. The van der Waals surface area contributed by atoms with Crippen LogP contribution in [0.2, 0.25) is 0 Å². The molecule has 3 nitrogen and oxygen atoms in total. The molecule has 1 aliphatic carbocycles. The van der Waals surface area contributed by atoms with Crippen molar-refractivity contribution in [3.05, 3.63) is 0 Å². The first-order valence-corrected chi connectivity index (χ1v) is 5.10. The Bertz CT molecular complexity index is 166. The highest BCUT2D eigenvalue weighted by molar-refractivity contribution is 5.71. The third kappa shape index (κ3) is 4.27. The Morgan fingerprint density at radius 3 is 2.85 bits per heavy atom. The van der Waals surface area contributed by atoms with E-state index in [1.165, 1.54) is 12.8 Å². The average molecular weight is 185 g/mol. The van der Waals surface area contributed by atoms with Gasteiger partial charge in [-0.2, -0.15) is 0 Å². The second kappa shape index (κ2) is 5.22. The third-order valence-corrected chi connectivity index (χ3v) is 2.40. The zero-order valence-corrected chi connectivity index (χ0v) is 8.29. The first-order chi connectivity index (χ1) is 6.24. The summed E-state index contributed by atoms with van der Waals surface area (Å²) in [6, 6.07) is 0. The van der Waals surface area contributed by atoms with Crippen LogP contribution < -0.4 is 5.73 Å². The van der Waals surface area contributed by atoms with E-state index in [9.17, 15) is 4.79 Å². The van der Waals surface area contributed by atoms with Gasteiger partial charge in [0, 0.05) is 0 Å². The number of hydrogen-bond donors (Lipinski definition) is 1. The molecule has 1 saturated carbocycles. The zero-order valence-electron chi connectivity index (χ0n) is 8.29. The Kier molecular flexibility index (Phi) is 4.22. The first kappa shape index (κ1) is 10.5. The van der Waals surface area contributed by atoms with Gasteiger partial charge in [0.2, 0.25) is 0 Å². The first-order valence-electron chi connectivity index (χ1n) is 5.10. The Morgan fingerprint density at radius 1 is 1.62 bits per heavy atom. The van der Waals surface area contributed by atoms with Crippen molar-refractivity contribution in [3.63, 3.8) is 0 Å². The molecule has 0 spiro atoms. The van der Waals surface area contributed by atoms with E-state index in [0.29, 0.717) is 19.1 Å². The van der Waals surface area contributed by atoms with Crippen LogP contribution in [0.25, 0.3) is 0 Å². The minimum atomic E-state index is -0.0552. The molecule has 0 heterocycles. The van der Waals surface area contributed by atoms with E-state index in [-0.39, 0.29) is 11.9 Å². The lowest BCUT2D eigenvalue weighted by atomic mass is 10.1. The van der Waals surface area contributed by atoms with Gasteiger partial charge < -0.3 is 10.5 Å². The molecule has 1 atom stereocenters. The van der Waals surface area contributed by atoms with Crippen LogP contribution in [-0.2, 0) is 9.53 Å². The predicted octanol–water partition coefficient (Wildman–Crippen LogP) is 1.31. The van der Waals surface area contributed by atoms with Crippen LogP contribution in [0.5, 0.6) is 0 Å². The molecular formula is C10H19NO2. The Hall–Kier alpha value is -0.570. The van der Waals surface area contributed by atoms with Crippen molar-refractivity contribution >= 4 is 5.97 Å². The van der Waals surface area contributed by atoms with Crippen LogP contribution in [0, 0.1) is 11.8 Å². The average Bonchev–Trinajstić information content (AvgIpc) is 2.93. The summed E-state index contributed by atoms with van der Waals surface area (Å²) in [6.07, 6.45) is 4.20.